The maximum atomic E-state index is 12.4. The van der Waals surface area contributed by atoms with Crippen molar-refractivity contribution in [2.75, 3.05) is 11.9 Å². The normalized spacial score (nSPS) is 11.0. The molecule has 35 heavy (non-hydrogen) atoms. The second-order valence-electron chi connectivity index (χ2n) is 7.82. The zero-order chi connectivity index (χ0) is 24.2. The zero-order valence-corrected chi connectivity index (χ0v) is 19.4. The Morgan fingerprint density at radius 3 is 2.60 bits per heavy atom. The molecule has 5 aromatic rings. The van der Waals surface area contributed by atoms with Crippen LogP contribution in [0, 0.1) is 0 Å². The molecule has 0 fully saturated rings. The van der Waals surface area contributed by atoms with E-state index in [1.165, 1.54) is 6.20 Å². The molecule has 0 amide bonds. The van der Waals surface area contributed by atoms with Gasteiger partial charge in [0.15, 0.2) is 5.69 Å². The van der Waals surface area contributed by atoms with Crippen LogP contribution in [0.5, 0.6) is 0 Å². The number of carbonyl (C=O) groups is 1. The molecule has 0 aliphatic heterocycles. The SMILES string of the molecule is CCOC(=O)c1cnc2nc(CC)cc(NCc3ccc(-c4ccccc4-c4nn[nH]n4)cc3)n12. The smallest absolute Gasteiger partial charge is 0.357 e. The summed E-state index contributed by atoms with van der Waals surface area (Å²) in [7, 11) is 0. The van der Waals surface area contributed by atoms with Crippen LogP contribution in [0.1, 0.15) is 35.6 Å². The Labute approximate surface area is 201 Å². The van der Waals surface area contributed by atoms with Crippen molar-refractivity contribution in [2.24, 2.45) is 0 Å². The van der Waals surface area contributed by atoms with E-state index in [2.05, 4.69) is 60.2 Å². The monoisotopic (exact) mass is 468 g/mol. The molecule has 3 aromatic heterocycles. The van der Waals surface area contributed by atoms with Crippen molar-refractivity contribution in [3.05, 3.63) is 77.7 Å². The molecule has 176 valence electrons. The Kier molecular flexibility index (Phi) is 6.16. The minimum Gasteiger partial charge on any atom is -0.461 e. The largest absolute Gasteiger partial charge is 0.461 e. The summed E-state index contributed by atoms with van der Waals surface area (Å²) in [6.45, 7) is 4.65. The highest BCUT2D eigenvalue weighted by Crippen LogP contribution is 2.30. The lowest BCUT2D eigenvalue weighted by Crippen LogP contribution is -2.13. The summed E-state index contributed by atoms with van der Waals surface area (Å²) < 4.78 is 6.89. The first-order chi connectivity index (χ1) is 17.2. The third kappa shape index (κ3) is 4.45. The van der Waals surface area contributed by atoms with Gasteiger partial charge >= 0.3 is 5.97 Å². The summed E-state index contributed by atoms with van der Waals surface area (Å²) in [6, 6.07) is 18.1. The average molecular weight is 469 g/mol. The van der Waals surface area contributed by atoms with Crippen molar-refractivity contribution >= 4 is 17.6 Å². The number of anilines is 1. The summed E-state index contributed by atoms with van der Waals surface area (Å²) in [5, 5.41) is 17.8. The summed E-state index contributed by atoms with van der Waals surface area (Å²) in [6.07, 6.45) is 2.25. The molecule has 2 aromatic carbocycles. The third-order valence-electron chi connectivity index (χ3n) is 5.63. The van der Waals surface area contributed by atoms with Crippen LogP contribution < -0.4 is 5.32 Å². The molecule has 0 unspecified atom stereocenters. The lowest BCUT2D eigenvalue weighted by molar-refractivity contribution is 0.0518. The van der Waals surface area contributed by atoms with Gasteiger partial charge in [-0.25, -0.2) is 14.8 Å². The van der Waals surface area contributed by atoms with E-state index in [0.717, 1.165) is 40.2 Å². The summed E-state index contributed by atoms with van der Waals surface area (Å²) in [5.74, 6) is 1.32. The van der Waals surface area contributed by atoms with Crippen molar-refractivity contribution < 1.29 is 9.53 Å². The highest BCUT2D eigenvalue weighted by molar-refractivity contribution is 5.89. The number of H-pyrrole nitrogens is 1. The second kappa shape index (κ2) is 9.72. The fraction of sp³-hybridized carbons (Fsp3) is 0.200. The molecule has 0 bridgehead atoms. The molecule has 0 radical (unpaired) electrons. The number of hydrogen-bond donors (Lipinski definition) is 2. The maximum absolute atomic E-state index is 12.4. The molecule has 0 aliphatic rings. The topological polar surface area (TPSA) is 123 Å². The van der Waals surface area contributed by atoms with Crippen LogP contribution >= 0.6 is 0 Å². The van der Waals surface area contributed by atoms with Gasteiger partial charge in [0.05, 0.1) is 12.8 Å². The lowest BCUT2D eigenvalue weighted by atomic mass is 9.98. The quantitative estimate of drug-likeness (QED) is 0.329. The van der Waals surface area contributed by atoms with E-state index in [4.69, 9.17) is 4.74 Å². The maximum Gasteiger partial charge on any atom is 0.357 e. The zero-order valence-electron chi connectivity index (χ0n) is 19.4. The Hall–Kier alpha value is -4.60. The third-order valence-corrected chi connectivity index (χ3v) is 5.63. The first-order valence-corrected chi connectivity index (χ1v) is 11.4. The number of tetrazole rings is 1. The molecular weight excluding hydrogens is 444 g/mol. The number of nitrogens with one attached hydrogen (secondary N) is 2. The minimum absolute atomic E-state index is 0.289. The Morgan fingerprint density at radius 2 is 1.89 bits per heavy atom. The molecule has 0 aliphatic carbocycles. The standard InChI is InChI=1S/C25H24N8O2/c1-3-18-13-22(33-21(24(34)35-4-2)15-27-25(33)28-18)26-14-16-9-11-17(12-10-16)19-7-5-6-8-20(19)23-29-31-32-30-23/h5-13,15,26H,3-4,14H2,1-2H3,(H,29,30,31,32). The van der Waals surface area contributed by atoms with Crippen LogP contribution in [0.4, 0.5) is 5.82 Å². The van der Waals surface area contributed by atoms with Gasteiger partial charge in [0.25, 0.3) is 0 Å². The summed E-state index contributed by atoms with van der Waals surface area (Å²) >= 11 is 0. The Bertz CT molecular complexity index is 1460. The van der Waals surface area contributed by atoms with Crippen molar-refractivity contribution in [2.45, 2.75) is 26.8 Å². The Balaban J connectivity index is 1.41. The van der Waals surface area contributed by atoms with Gasteiger partial charge < -0.3 is 10.1 Å². The van der Waals surface area contributed by atoms with Gasteiger partial charge in [-0.15, -0.1) is 10.2 Å². The van der Waals surface area contributed by atoms with Gasteiger partial charge in [0.1, 0.15) is 5.82 Å². The minimum atomic E-state index is -0.432. The molecule has 10 nitrogen and oxygen atoms in total. The number of rotatable bonds is 8. The van der Waals surface area contributed by atoms with Gasteiger partial charge in [-0.2, -0.15) is 5.21 Å². The molecule has 3 heterocycles. The van der Waals surface area contributed by atoms with E-state index < -0.39 is 5.97 Å². The number of esters is 1. The second-order valence-corrected chi connectivity index (χ2v) is 7.82. The van der Waals surface area contributed by atoms with Gasteiger partial charge in [-0.3, -0.25) is 4.40 Å². The molecule has 0 saturated heterocycles. The number of carbonyl (C=O) groups excluding carboxylic acids is 1. The first-order valence-electron chi connectivity index (χ1n) is 11.4. The number of imidazole rings is 1. The number of nitrogens with zero attached hydrogens (tertiary/aromatic N) is 6. The molecule has 5 rings (SSSR count). The summed E-state index contributed by atoms with van der Waals surface area (Å²) in [4.78, 5) is 21.3. The predicted octanol–water partition coefficient (Wildman–Crippen LogP) is 3.93. The van der Waals surface area contributed by atoms with Gasteiger partial charge in [-0.05, 0) is 35.2 Å². The number of fused-ring (bicyclic) bond motifs is 1. The van der Waals surface area contributed by atoms with Crippen LogP contribution in [0.3, 0.4) is 0 Å². The first kappa shape index (κ1) is 22.2. The van der Waals surface area contributed by atoms with Crippen molar-refractivity contribution in [1.82, 2.24) is 35.0 Å². The van der Waals surface area contributed by atoms with Crippen LogP contribution in [0.15, 0.2) is 60.8 Å². The number of aryl methyl sites for hydroxylation is 1. The van der Waals surface area contributed by atoms with E-state index in [1.54, 1.807) is 11.3 Å². The van der Waals surface area contributed by atoms with Gasteiger partial charge in [-0.1, -0.05) is 55.5 Å². The number of ether oxygens (including phenoxy) is 1. The van der Waals surface area contributed by atoms with E-state index in [-0.39, 0.29) is 6.61 Å². The molecular formula is C25H24N8O2. The highest BCUT2D eigenvalue weighted by atomic mass is 16.5. The molecule has 0 saturated carbocycles. The van der Waals surface area contributed by atoms with Crippen molar-refractivity contribution in [3.8, 4) is 22.5 Å². The van der Waals surface area contributed by atoms with Gasteiger partial charge in [0, 0.05) is 23.9 Å². The van der Waals surface area contributed by atoms with Gasteiger partial charge in [0.2, 0.25) is 11.6 Å². The number of aromatic amines is 1. The molecule has 2 N–H and O–H groups in total. The van der Waals surface area contributed by atoms with Crippen LogP contribution in [0.25, 0.3) is 28.3 Å². The van der Waals surface area contributed by atoms with Crippen LogP contribution in [0.2, 0.25) is 0 Å². The van der Waals surface area contributed by atoms with Crippen molar-refractivity contribution in [3.63, 3.8) is 0 Å². The van der Waals surface area contributed by atoms with E-state index >= 15 is 0 Å². The van der Waals surface area contributed by atoms with E-state index in [0.29, 0.717) is 23.8 Å². The number of aromatic nitrogens is 7. The molecule has 0 spiro atoms. The molecule has 0 atom stereocenters. The van der Waals surface area contributed by atoms with Crippen molar-refractivity contribution in [1.29, 1.82) is 0 Å². The highest BCUT2D eigenvalue weighted by Gasteiger charge is 2.18. The molecule has 10 heteroatoms. The van der Waals surface area contributed by atoms with E-state index in [1.807, 2.05) is 37.3 Å². The fourth-order valence-corrected chi connectivity index (χ4v) is 3.90. The van der Waals surface area contributed by atoms with E-state index in [9.17, 15) is 4.79 Å². The Morgan fingerprint density at radius 1 is 1.09 bits per heavy atom. The fourth-order valence-electron chi connectivity index (χ4n) is 3.90. The summed E-state index contributed by atoms with van der Waals surface area (Å²) in [5.41, 5.74) is 5.28. The lowest BCUT2D eigenvalue weighted by Gasteiger charge is -2.13. The number of hydrogen-bond acceptors (Lipinski definition) is 8. The average Bonchev–Trinajstić information content (AvgIpc) is 3.58. The van der Waals surface area contributed by atoms with Crippen LogP contribution in [-0.2, 0) is 17.7 Å². The predicted molar refractivity (Wildman–Crippen MR) is 131 cm³/mol. The van der Waals surface area contributed by atoms with Crippen LogP contribution in [-0.4, -0.2) is 47.6 Å². The number of benzene rings is 2.